The molecule has 0 aromatic heterocycles. The number of halogens is 1. The van der Waals surface area contributed by atoms with Gasteiger partial charge in [0.2, 0.25) is 11.8 Å². The van der Waals surface area contributed by atoms with Crippen LogP contribution in [0.2, 0.25) is 5.02 Å². The molecule has 0 bridgehead atoms. The highest BCUT2D eigenvalue weighted by atomic mass is 35.5. The molecule has 2 amide bonds. The van der Waals surface area contributed by atoms with Crippen molar-refractivity contribution in [2.75, 3.05) is 0 Å². The van der Waals surface area contributed by atoms with E-state index in [1.807, 2.05) is 32.0 Å². The minimum atomic E-state index is -0.829. The molecular weight excluding hydrogens is 288 g/mol. The van der Waals surface area contributed by atoms with Gasteiger partial charge in [0.15, 0.2) is 0 Å². The maximum Gasteiger partial charge on any atom is 0.249 e. The topological polar surface area (TPSA) is 49.4 Å². The van der Waals surface area contributed by atoms with E-state index in [2.05, 4.69) is 5.32 Å². The maximum atomic E-state index is 12.8. The number of amides is 2. The van der Waals surface area contributed by atoms with Gasteiger partial charge in [0.25, 0.3) is 0 Å². The molecule has 1 aliphatic rings. The molecule has 0 aliphatic carbocycles. The second-order valence-corrected chi connectivity index (χ2v) is 6.03. The lowest BCUT2D eigenvalue weighted by atomic mass is 9.91. The van der Waals surface area contributed by atoms with Gasteiger partial charge in [0.1, 0.15) is 11.6 Å². The van der Waals surface area contributed by atoms with E-state index in [-0.39, 0.29) is 11.8 Å². The third-order valence-corrected chi connectivity index (χ3v) is 4.57. The molecule has 1 fully saturated rings. The molecule has 2 rings (SSSR count). The molecule has 0 radical (unpaired) electrons. The minimum absolute atomic E-state index is 0.0450. The fraction of sp³-hybridized carbons (Fsp3) is 0.500. The lowest BCUT2D eigenvalue weighted by Crippen LogP contribution is -2.68. The van der Waals surface area contributed by atoms with Gasteiger partial charge in [-0.3, -0.25) is 9.59 Å². The molecule has 1 aromatic carbocycles. The molecular formula is C16H21ClN2O2. The minimum Gasteiger partial charge on any atom is -0.340 e. The first-order valence-electron chi connectivity index (χ1n) is 7.29. The van der Waals surface area contributed by atoms with Crippen molar-refractivity contribution in [1.29, 1.82) is 0 Å². The first kappa shape index (κ1) is 15.8. The van der Waals surface area contributed by atoms with Gasteiger partial charge in [-0.15, -0.1) is 0 Å². The zero-order valence-electron chi connectivity index (χ0n) is 12.6. The van der Waals surface area contributed by atoms with Crippen molar-refractivity contribution in [2.24, 2.45) is 0 Å². The van der Waals surface area contributed by atoms with Crippen LogP contribution in [0, 0.1) is 0 Å². The summed E-state index contributed by atoms with van der Waals surface area (Å²) in [6, 6.07) is 6.98. The van der Waals surface area contributed by atoms with Gasteiger partial charge in [0, 0.05) is 11.6 Å². The molecule has 1 N–H and O–H groups in total. The van der Waals surface area contributed by atoms with Gasteiger partial charge in [-0.25, -0.2) is 0 Å². The van der Waals surface area contributed by atoms with Crippen LogP contribution in [-0.4, -0.2) is 28.3 Å². The number of rotatable bonds is 4. The summed E-state index contributed by atoms with van der Waals surface area (Å²) >= 11 is 6.18. The number of hydrogen-bond donors (Lipinski definition) is 1. The fourth-order valence-electron chi connectivity index (χ4n) is 2.65. The van der Waals surface area contributed by atoms with Crippen LogP contribution in [0.15, 0.2) is 24.3 Å². The average Bonchev–Trinajstić information content (AvgIpc) is 2.47. The van der Waals surface area contributed by atoms with E-state index in [0.717, 1.165) is 5.56 Å². The Morgan fingerprint density at radius 1 is 1.29 bits per heavy atom. The molecule has 0 spiro atoms. The zero-order valence-corrected chi connectivity index (χ0v) is 13.4. The van der Waals surface area contributed by atoms with Gasteiger partial charge >= 0.3 is 0 Å². The molecule has 1 aliphatic heterocycles. The Hall–Kier alpha value is -1.55. The van der Waals surface area contributed by atoms with E-state index >= 15 is 0 Å². The largest absolute Gasteiger partial charge is 0.340 e. The van der Waals surface area contributed by atoms with Crippen molar-refractivity contribution in [3.63, 3.8) is 0 Å². The smallest absolute Gasteiger partial charge is 0.249 e. The second-order valence-electron chi connectivity index (χ2n) is 5.62. The SMILES string of the molecule is CCC1C(=O)NC(C)(CC)C(=O)N1Cc1ccccc1Cl. The predicted molar refractivity (Wildman–Crippen MR) is 82.9 cm³/mol. The molecule has 2 unspecified atom stereocenters. The molecule has 1 aromatic rings. The molecule has 4 nitrogen and oxygen atoms in total. The highest BCUT2D eigenvalue weighted by molar-refractivity contribution is 6.31. The third kappa shape index (κ3) is 2.91. The second kappa shape index (κ2) is 6.06. The lowest BCUT2D eigenvalue weighted by molar-refractivity contribution is -0.155. The van der Waals surface area contributed by atoms with Gasteiger partial charge in [-0.2, -0.15) is 0 Å². The van der Waals surface area contributed by atoms with Crippen LogP contribution in [-0.2, 0) is 16.1 Å². The van der Waals surface area contributed by atoms with Crippen molar-refractivity contribution < 1.29 is 9.59 Å². The number of nitrogens with zero attached hydrogens (tertiary/aromatic N) is 1. The van der Waals surface area contributed by atoms with Crippen LogP contribution in [0.3, 0.4) is 0 Å². The highest BCUT2D eigenvalue weighted by Gasteiger charge is 2.46. The third-order valence-electron chi connectivity index (χ3n) is 4.20. The summed E-state index contributed by atoms with van der Waals surface area (Å²) in [5, 5.41) is 3.48. The fourth-order valence-corrected chi connectivity index (χ4v) is 2.84. The van der Waals surface area contributed by atoms with Gasteiger partial charge in [-0.05, 0) is 31.4 Å². The number of piperazine rings is 1. The van der Waals surface area contributed by atoms with Crippen LogP contribution in [0.4, 0.5) is 0 Å². The van der Waals surface area contributed by atoms with Gasteiger partial charge in [-0.1, -0.05) is 43.6 Å². The number of carbonyl (C=O) groups excluding carboxylic acids is 2. The summed E-state index contributed by atoms with van der Waals surface area (Å²) in [7, 11) is 0. The Balaban J connectivity index is 2.34. The maximum absolute atomic E-state index is 12.8. The van der Waals surface area contributed by atoms with Crippen molar-refractivity contribution in [1.82, 2.24) is 10.2 Å². The van der Waals surface area contributed by atoms with E-state index in [4.69, 9.17) is 11.6 Å². The Morgan fingerprint density at radius 3 is 2.52 bits per heavy atom. The van der Waals surface area contributed by atoms with E-state index in [0.29, 0.717) is 24.4 Å². The van der Waals surface area contributed by atoms with Crippen LogP contribution in [0.5, 0.6) is 0 Å². The molecule has 1 saturated heterocycles. The summed E-state index contributed by atoms with van der Waals surface area (Å²) in [5.41, 5.74) is 0.0309. The lowest BCUT2D eigenvalue weighted by Gasteiger charge is -2.44. The summed E-state index contributed by atoms with van der Waals surface area (Å²) in [6.07, 6.45) is 1.15. The van der Waals surface area contributed by atoms with Gasteiger partial charge in [0.05, 0.1) is 0 Å². The molecule has 1 heterocycles. The molecule has 21 heavy (non-hydrogen) atoms. The van der Waals surface area contributed by atoms with Crippen LogP contribution >= 0.6 is 11.6 Å². The van der Waals surface area contributed by atoms with Crippen molar-refractivity contribution in [3.8, 4) is 0 Å². The normalized spacial score (nSPS) is 25.9. The molecule has 5 heteroatoms. The van der Waals surface area contributed by atoms with E-state index in [1.54, 1.807) is 17.9 Å². The summed E-state index contributed by atoms with van der Waals surface area (Å²) in [4.78, 5) is 26.7. The Labute approximate surface area is 130 Å². The standard InChI is InChI=1S/C16H21ClN2O2/c1-4-13-14(20)18-16(3,5-2)15(21)19(13)10-11-8-6-7-9-12(11)17/h6-9,13H,4-5,10H2,1-3H3,(H,18,20). The quantitative estimate of drug-likeness (QED) is 0.930. The monoisotopic (exact) mass is 308 g/mol. The Kier molecular flexibility index (Phi) is 4.57. The van der Waals surface area contributed by atoms with Crippen LogP contribution < -0.4 is 5.32 Å². The summed E-state index contributed by atoms with van der Waals surface area (Å²) in [6.45, 7) is 5.95. The first-order valence-corrected chi connectivity index (χ1v) is 7.67. The van der Waals surface area contributed by atoms with E-state index < -0.39 is 11.6 Å². The summed E-state index contributed by atoms with van der Waals surface area (Å²) in [5.74, 6) is -0.134. The van der Waals surface area contributed by atoms with Crippen molar-refractivity contribution in [3.05, 3.63) is 34.9 Å². The van der Waals surface area contributed by atoms with E-state index in [9.17, 15) is 9.59 Å². The van der Waals surface area contributed by atoms with Crippen LogP contribution in [0.25, 0.3) is 0 Å². The number of carbonyl (C=O) groups is 2. The van der Waals surface area contributed by atoms with Crippen LogP contribution in [0.1, 0.15) is 39.2 Å². The molecule has 114 valence electrons. The first-order chi connectivity index (χ1) is 9.92. The average molecular weight is 309 g/mol. The molecule has 0 saturated carbocycles. The van der Waals surface area contributed by atoms with Gasteiger partial charge < -0.3 is 10.2 Å². The molecule has 2 atom stereocenters. The summed E-state index contributed by atoms with van der Waals surface area (Å²) < 4.78 is 0. The Bertz CT molecular complexity index is 561. The zero-order chi connectivity index (χ0) is 15.6. The van der Waals surface area contributed by atoms with Crippen molar-refractivity contribution in [2.45, 2.75) is 51.7 Å². The van der Waals surface area contributed by atoms with E-state index in [1.165, 1.54) is 0 Å². The Morgan fingerprint density at radius 2 is 1.95 bits per heavy atom. The predicted octanol–water partition coefficient (Wildman–Crippen LogP) is 2.75. The number of benzene rings is 1. The number of nitrogens with one attached hydrogen (secondary N) is 1. The highest BCUT2D eigenvalue weighted by Crippen LogP contribution is 2.26. The van der Waals surface area contributed by atoms with Crippen molar-refractivity contribution >= 4 is 23.4 Å². The number of hydrogen-bond acceptors (Lipinski definition) is 2.